The van der Waals surface area contributed by atoms with E-state index in [1.807, 2.05) is 6.92 Å². The number of carbonyl (C=O) groups excluding carboxylic acids is 2. The number of hydrogen-bond donors (Lipinski definition) is 2. The van der Waals surface area contributed by atoms with Gasteiger partial charge in [-0.3, -0.25) is 9.59 Å². The number of rotatable bonds is 6. The molecule has 2 aromatic rings. The van der Waals surface area contributed by atoms with Crippen LogP contribution in [0.15, 0.2) is 35.1 Å². The molecule has 0 saturated carbocycles. The second-order valence-corrected chi connectivity index (χ2v) is 5.14. The molecule has 1 aromatic heterocycles. The van der Waals surface area contributed by atoms with Gasteiger partial charge >= 0.3 is 0 Å². The van der Waals surface area contributed by atoms with Crippen LogP contribution in [0.3, 0.4) is 0 Å². The highest BCUT2D eigenvalue weighted by atomic mass is 35.5. The maximum Gasteiger partial charge on any atom is 0.224 e. The molecule has 22 heavy (non-hydrogen) atoms. The Balaban J connectivity index is 1.75. The predicted octanol–water partition coefficient (Wildman–Crippen LogP) is 2.67. The van der Waals surface area contributed by atoms with E-state index in [-0.39, 0.29) is 31.2 Å². The van der Waals surface area contributed by atoms with Gasteiger partial charge in [-0.2, -0.15) is 0 Å². The smallest absolute Gasteiger partial charge is 0.224 e. The van der Waals surface area contributed by atoms with Gasteiger partial charge in [0.1, 0.15) is 12.0 Å². The third kappa shape index (κ3) is 4.60. The number of halogens is 1. The molecule has 2 amide bonds. The van der Waals surface area contributed by atoms with Gasteiger partial charge in [0.05, 0.1) is 6.54 Å². The van der Waals surface area contributed by atoms with Crippen LogP contribution in [0.25, 0.3) is 0 Å². The lowest BCUT2D eigenvalue weighted by Crippen LogP contribution is -2.24. The average molecular weight is 322 g/mol. The molecular formula is C15H16ClN3O3. The zero-order valence-corrected chi connectivity index (χ0v) is 12.8. The summed E-state index contributed by atoms with van der Waals surface area (Å²) in [6.45, 7) is 2.10. The number of aromatic nitrogens is 1. The van der Waals surface area contributed by atoms with Crippen molar-refractivity contribution in [2.24, 2.45) is 0 Å². The summed E-state index contributed by atoms with van der Waals surface area (Å²) in [5.41, 5.74) is 2.08. The van der Waals surface area contributed by atoms with E-state index >= 15 is 0 Å². The van der Waals surface area contributed by atoms with Crippen LogP contribution in [0.4, 0.5) is 5.69 Å². The van der Waals surface area contributed by atoms with E-state index in [9.17, 15) is 9.59 Å². The Hall–Kier alpha value is -2.34. The minimum atomic E-state index is -0.234. The SMILES string of the molecule is Cc1c(Cl)cccc1NC(=O)CCC(=O)NCc1ccon1. The number of nitrogens with one attached hydrogen (secondary N) is 2. The van der Waals surface area contributed by atoms with E-state index in [1.165, 1.54) is 6.26 Å². The number of carbonyl (C=O) groups is 2. The summed E-state index contributed by atoms with van der Waals surface area (Å²) in [6.07, 6.45) is 1.63. The fourth-order valence-electron chi connectivity index (χ4n) is 1.79. The highest BCUT2D eigenvalue weighted by molar-refractivity contribution is 6.31. The lowest BCUT2D eigenvalue weighted by atomic mass is 10.2. The number of amides is 2. The van der Waals surface area contributed by atoms with Crippen LogP contribution in [0.5, 0.6) is 0 Å². The van der Waals surface area contributed by atoms with Crippen molar-refractivity contribution in [3.8, 4) is 0 Å². The van der Waals surface area contributed by atoms with Crippen molar-refractivity contribution >= 4 is 29.1 Å². The standard InChI is InChI=1S/C15H16ClN3O3/c1-10-12(16)3-2-4-13(10)18-15(21)6-5-14(20)17-9-11-7-8-22-19-11/h2-4,7-8H,5-6,9H2,1H3,(H,17,20)(H,18,21). The minimum absolute atomic E-state index is 0.0939. The van der Waals surface area contributed by atoms with E-state index in [0.29, 0.717) is 16.4 Å². The molecule has 0 spiro atoms. The van der Waals surface area contributed by atoms with Gasteiger partial charge in [0.15, 0.2) is 0 Å². The summed E-state index contributed by atoms with van der Waals surface area (Å²) < 4.78 is 4.66. The molecule has 0 saturated heterocycles. The summed E-state index contributed by atoms with van der Waals surface area (Å²) in [5, 5.41) is 9.67. The summed E-state index contributed by atoms with van der Waals surface area (Å²) in [6, 6.07) is 6.94. The van der Waals surface area contributed by atoms with Crippen molar-refractivity contribution in [2.45, 2.75) is 26.3 Å². The van der Waals surface area contributed by atoms with Crippen molar-refractivity contribution in [1.82, 2.24) is 10.5 Å². The van der Waals surface area contributed by atoms with Crippen LogP contribution >= 0.6 is 11.6 Å². The first kappa shape index (κ1) is 16.0. The Kier molecular flexibility index (Phi) is 5.55. The minimum Gasteiger partial charge on any atom is -0.364 e. The molecule has 0 aliphatic rings. The van der Waals surface area contributed by atoms with Crippen LogP contribution in [-0.2, 0) is 16.1 Å². The van der Waals surface area contributed by atoms with Gasteiger partial charge in [0.25, 0.3) is 0 Å². The van der Waals surface area contributed by atoms with Crippen molar-refractivity contribution in [2.75, 3.05) is 5.32 Å². The number of benzene rings is 1. The van der Waals surface area contributed by atoms with Gasteiger partial charge in [-0.1, -0.05) is 22.8 Å². The molecule has 0 atom stereocenters. The fraction of sp³-hybridized carbons (Fsp3) is 0.267. The summed E-state index contributed by atoms with van der Waals surface area (Å²) in [7, 11) is 0. The van der Waals surface area contributed by atoms with Crippen LogP contribution in [-0.4, -0.2) is 17.0 Å². The van der Waals surface area contributed by atoms with Gasteiger partial charge in [0.2, 0.25) is 11.8 Å². The average Bonchev–Trinajstić information content (AvgIpc) is 3.01. The second-order valence-electron chi connectivity index (χ2n) is 4.73. The van der Waals surface area contributed by atoms with Gasteiger partial charge in [0, 0.05) is 29.6 Å². The third-order valence-electron chi connectivity index (χ3n) is 3.08. The van der Waals surface area contributed by atoms with Crippen molar-refractivity contribution in [1.29, 1.82) is 0 Å². The zero-order chi connectivity index (χ0) is 15.9. The normalized spacial score (nSPS) is 10.3. The molecule has 6 nitrogen and oxygen atoms in total. The third-order valence-corrected chi connectivity index (χ3v) is 3.49. The Morgan fingerprint density at radius 2 is 2.00 bits per heavy atom. The van der Waals surface area contributed by atoms with Crippen molar-refractivity contribution in [3.63, 3.8) is 0 Å². The van der Waals surface area contributed by atoms with Crippen LogP contribution in [0.1, 0.15) is 24.1 Å². The Bertz CT molecular complexity index is 656. The quantitative estimate of drug-likeness (QED) is 0.856. The number of hydrogen-bond acceptors (Lipinski definition) is 4. The monoisotopic (exact) mass is 321 g/mol. The van der Waals surface area contributed by atoms with E-state index in [4.69, 9.17) is 11.6 Å². The number of anilines is 1. The van der Waals surface area contributed by atoms with Crippen molar-refractivity contribution in [3.05, 3.63) is 46.8 Å². The second kappa shape index (κ2) is 7.61. The lowest BCUT2D eigenvalue weighted by Gasteiger charge is -2.09. The van der Waals surface area contributed by atoms with E-state index in [0.717, 1.165) is 5.56 Å². The largest absolute Gasteiger partial charge is 0.364 e. The molecule has 0 radical (unpaired) electrons. The molecule has 0 fully saturated rings. The van der Waals surface area contributed by atoms with E-state index in [2.05, 4.69) is 20.3 Å². The Morgan fingerprint density at radius 1 is 1.23 bits per heavy atom. The Morgan fingerprint density at radius 3 is 2.73 bits per heavy atom. The van der Waals surface area contributed by atoms with Crippen molar-refractivity contribution < 1.29 is 14.1 Å². The highest BCUT2D eigenvalue weighted by Gasteiger charge is 2.10. The molecular weight excluding hydrogens is 306 g/mol. The molecule has 1 aromatic carbocycles. The molecule has 0 aliphatic carbocycles. The van der Waals surface area contributed by atoms with Crippen LogP contribution < -0.4 is 10.6 Å². The van der Waals surface area contributed by atoms with Gasteiger partial charge < -0.3 is 15.2 Å². The van der Waals surface area contributed by atoms with Gasteiger partial charge in [-0.15, -0.1) is 0 Å². The molecule has 0 aliphatic heterocycles. The van der Waals surface area contributed by atoms with Crippen LogP contribution in [0, 0.1) is 6.92 Å². The van der Waals surface area contributed by atoms with E-state index < -0.39 is 0 Å². The van der Waals surface area contributed by atoms with Gasteiger partial charge in [-0.05, 0) is 24.6 Å². The lowest BCUT2D eigenvalue weighted by molar-refractivity contribution is -0.124. The predicted molar refractivity (Wildman–Crippen MR) is 82.4 cm³/mol. The highest BCUT2D eigenvalue weighted by Crippen LogP contribution is 2.23. The molecule has 0 unspecified atom stereocenters. The first-order valence-electron chi connectivity index (χ1n) is 6.77. The van der Waals surface area contributed by atoms with Gasteiger partial charge in [-0.25, -0.2) is 0 Å². The molecule has 1 heterocycles. The molecule has 116 valence electrons. The zero-order valence-electron chi connectivity index (χ0n) is 12.1. The molecule has 0 bridgehead atoms. The maximum absolute atomic E-state index is 11.9. The molecule has 7 heteroatoms. The molecule has 2 N–H and O–H groups in total. The van der Waals surface area contributed by atoms with Crippen LogP contribution in [0.2, 0.25) is 5.02 Å². The Labute approximate surface area is 132 Å². The summed E-state index contributed by atoms with van der Waals surface area (Å²) in [5.74, 6) is -0.456. The number of nitrogens with zero attached hydrogens (tertiary/aromatic N) is 1. The topological polar surface area (TPSA) is 84.2 Å². The summed E-state index contributed by atoms with van der Waals surface area (Å²) in [4.78, 5) is 23.5. The first-order chi connectivity index (χ1) is 10.6. The fourth-order valence-corrected chi connectivity index (χ4v) is 1.96. The molecule has 2 rings (SSSR count). The first-order valence-corrected chi connectivity index (χ1v) is 7.15. The van der Waals surface area contributed by atoms with E-state index in [1.54, 1.807) is 24.3 Å². The summed E-state index contributed by atoms with van der Waals surface area (Å²) >= 11 is 5.99. The maximum atomic E-state index is 11.9.